The summed E-state index contributed by atoms with van der Waals surface area (Å²) in [4.78, 5) is 15.3. The molecule has 0 saturated heterocycles. The molecule has 94 valence electrons. The fourth-order valence-electron chi connectivity index (χ4n) is 2.03. The van der Waals surface area contributed by atoms with Crippen LogP contribution >= 0.6 is 0 Å². The maximum atomic E-state index is 12.1. The average molecular weight is 250 g/mol. The molecule has 19 heavy (non-hydrogen) atoms. The van der Waals surface area contributed by atoms with Gasteiger partial charge in [0.2, 0.25) is 0 Å². The molecule has 3 rings (SSSR count). The van der Waals surface area contributed by atoms with E-state index in [2.05, 4.69) is 10.3 Å². The van der Waals surface area contributed by atoms with Gasteiger partial charge in [-0.05, 0) is 43.3 Å². The van der Waals surface area contributed by atoms with Crippen LogP contribution in [0.3, 0.4) is 0 Å². The van der Waals surface area contributed by atoms with E-state index in [4.69, 9.17) is 0 Å². The summed E-state index contributed by atoms with van der Waals surface area (Å²) in [6.07, 6.45) is 1.87. The van der Waals surface area contributed by atoms with Gasteiger partial charge in [-0.25, -0.2) is 0 Å². The summed E-state index contributed by atoms with van der Waals surface area (Å²) in [5.74, 6) is -0.0908. The van der Waals surface area contributed by atoms with E-state index in [1.165, 1.54) is 5.56 Å². The molecule has 0 aliphatic carbocycles. The van der Waals surface area contributed by atoms with Gasteiger partial charge in [-0.3, -0.25) is 4.79 Å². The van der Waals surface area contributed by atoms with Crippen molar-refractivity contribution in [2.24, 2.45) is 0 Å². The third kappa shape index (κ3) is 2.36. The fraction of sp³-hybridized carbons (Fsp3) is 0.0625. The molecule has 0 fully saturated rings. The highest BCUT2D eigenvalue weighted by atomic mass is 16.1. The Bertz CT molecular complexity index is 726. The van der Waals surface area contributed by atoms with E-state index < -0.39 is 0 Å². The summed E-state index contributed by atoms with van der Waals surface area (Å²) in [6.45, 7) is 2.02. The van der Waals surface area contributed by atoms with Crippen LogP contribution in [0.15, 0.2) is 54.7 Å². The molecule has 0 aliphatic rings. The van der Waals surface area contributed by atoms with Crippen LogP contribution in [0.4, 0.5) is 5.69 Å². The molecular formula is C16H14N2O. The van der Waals surface area contributed by atoms with Crippen LogP contribution in [0.2, 0.25) is 0 Å². The third-order valence-corrected chi connectivity index (χ3v) is 3.12. The Kier molecular flexibility index (Phi) is 2.80. The number of amides is 1. The quantitative estimate of drug-likeness (QED) is 0.715. The number of hydrogen-bond acceptors (Lipinski definition) is 1. The minimum absolute atomic E-state index is 0.0908. The highest BCUT2D eigenvalue weighted by molar-refractivity contribution is 6.06. The Morgan fingerprint density at radius 2 is 1.84 bits per heavy atom. The van der Waals surface area contributed by atoms with Crippen LogP contribution < -0.4 is 5.32 Å². The van der Waals surface area contributed by atoms with Gasteiger partial charge in [0.05, 0.1) is 0 Å². The Labute approximate surface area is 111 Å². The molecule has 1 aromatic heterocycles. The van der Waals surface area contributed by atoms with E-state index in [1.54, 1.807) is 0 Å². The molecule has 0 saturated carbocycles. The maximum absolute atomic E-state index is 12.1. The van der Waals surface area contributed by atoms with Crippen molar-refractivity contribution in [3.05, 3.63) is 65.9 Å². The molecular weight excluding hydrogens is 236 g/mol. The highest BCUT2D eigenvalue weighted by Crippen LogP contribution is 2.16. The van der Waals surface area contributed by atoms with E-state index >= 15 is 0 Å². The Balaban J connectivity index is 1.84. The van der Waals surface area contributed by atoms with Gasteiger partial charge in [-0.1, -0.05) is 17.7 Å². The number of H-pyrrole nitrogens is 1. The first kappa shape index (κ1) is 11.5. The Morgan fingerprint density at radius 3 is 2.63 bits per heavy atom. The lowest BCUT2D eigenvalue weighted by Gasteiger charge is -2.05. The van der Waals surface area contributed by atoms with Gasteiger partial charge in [-0.15, -0.1) is 0 Å². The number of nitrogens with one attached hydrogen (secondary N) is 2. The molecule has 3 heteroatoms. The topological polar surface area (TPSA) is 44.9 Å². The van der Waals surface area contributed by atoms with Crippen LogP contribution in [0.5, 0.6) is 0 Å². The number of aromatic nitrogens is 1. The van der Waals surface area contributed by atoms with Gasteiger partial charge < -0.3 is 10.3 Å². The zero-order valence-electron chi connectivity index (χ0n) is 10.6. The SMILES string of the molecule is Cc1ccc(NC(=O)c2ccc3[nH]ccc3c2)cc1. The Hall–Kier alpha value is -2.55. The molecule has 0 atom stereocenters. The van der Waals surface area contributed by atoms with E-state index in [-0.39, 0.29) is 5.91 Å². The minimum Gasteiger partial charge on any atom is -0.361 e. The molecule has 3 aromatic rings. The molecule has 0 unspecified atom stereocenters. The zero-order chi connectivity index (χ0) is 13.2. The molecule has 2 N–H and O–H groups in total. The second-order valence-corrected chi connectivity index (χ2v) is 4.60. The number of carbonyl (C=O) groups excluding carboxylic acids is 1. The summed E-state index contributed by atoms with van der Waals surface area (Å²) in [5, 5.41) is 3.93. The molecule has 3 nitrogen and oxygen atoms in total. The number of benzene rings is 2. The molecule has 0 aliphatic heterocycles. The zero-order valence-corrected chi connectivity index (χ0v) is 10.6. The summed E-state index contributed by atoms with van der Waals surface area (Å²) >= 11 is 0. The van der Waals surface area contributed by atoms with E-state index in [0.717, 1.165) is 16.6 Å². The molecule has 0 radical (unpaired) electrons. The van der Waals surface area contributed by atoms with E-state index in [0.29, 0.717) is 5.56 Å². The molecule has 1 heterocycles. The van der Waals surface area contributed by atoms with Crippen LogP contribution in [-0.2, 0) is 0 Å². The number of aryl methyl sites for hydroxylation is 1. The second-order valence-electron chi connectivity index (χ2n) is 4.60. The van der Waals surface area contributed by atoms with Gasteiger partial charge in [0, 0.05) is 28.4 Å². The maximum Gasteiger partial charge on any atom is 0.255 e. The first-order valence-corrected chi connectivity index (χ1v) is 6.17. The summed E-state index contributed by atoms with van der Waals surface area (Å²) < 4.78 is 0. The van der Waals surface area contributed by atoms with Crippen LogP contribution in [-0.4, -0.2) is 10.9 Å². The van der Waals surface area contributed by atoms with Gasteiger partial charge >= 0.3 is 0 Å². The number of fused-ring (bicyclic) bond motifs is 1. The van der Waals surface area contributed by atoms with Gasteiger partial charge in [-0.2, -0.15) is 0 Å². The van der Waals surface area contributed by atoms with E-state index in [1.807, 2.05) is 61.7 Å². The predicted molar refractivity (Wildman–Crippen MR) is 77.4 cm³/mol. The Morgan fingerprint density at radius 1 is 1.05 bits per heavy atom. The van der Waals surface area contributed by atoms with Crippen LogP contribution in [0.1, 0.15) is 15.9 Å². The third-order valence-electron chi connectivity index (χ3n) is 3.12. The number of carbonyl (C=O) groups is 1. The monoisotopic (exact) mass is 250 g/mol. The largest absolute Gasteiger partial charge is 0.361 e. The number of rotatable bonds is 2. The van der Waals surface area contributed by atoms with Crippen molar-refractivity contribution < 1.29 is 4.79 Å². The van der Waals surface area contributed by atoms with Crippen molar-refractivity contribution in [3.63, 3.8) is 0 Å². The molecule has 1 amide bonds. The smallest absolute Gasteiger partial charge is 0.255 e. The molecule has 0 spiro atoms. The van der Waals surface area contributed by atoms with E-state index in [9.17, 15) is 4.79 Å². The first-order valence-electron chi connectivity index (χ1n) is 6.17. The lowest BCUT2D eigenvalue weighted by Crippen LogP contribution is -2.11. The van der Waals surface area contributed by atoms with Gasteiger partial charge in [0.15, 0.2) is 0 Å². The predicted octanol–water partition coefficient (Wildman–Crippen LogP) is 3.73. The summed E-state index contributed by atoms with van der Waals surface area (Å²) in [6, 6.07) is 15.3. The second kappa shape index (κ2) is 4.61. The fourth-order valence-corrected chi connectivity index (χ4v) is 2.03. The van der Waals surface area contributed by atoms with Crippen molar-refractivity contribution in [1.29, 1.82) is 0 Å². The minimum atomic E-state index is -0.0908. The van der Waals surface area contributed by atoms with Crippen molar-refractivity contribution in [2.45, 2.75) is 6.92 Å². The van der Waals surface area contributed by atoms with Gasteiger partial charge in [0.25, 0.3) is 5.91 Å². The lowest BCUT2D eigenvalue weighted by molar-refractivity contribution is 0.102. The summed E-state index contributed by atoms with van der Waals surface area (Å²) in [5.41, 5.74) is 3.68. The van der Waals surface area contributed by atoms with Crippen LogP contribution in [0.25, 0.3) is 10.9 Å². The van der Waals surface area contributed by atoms with Gasteiger partial charge in [0.1, 0.15) is 0 Å². The number of aromatic amines is 1. The van der Waals surface area contributed by atoms with Crippen molar-refractivity contribution in [3.8, 4) is 0 Å². The van der Waals surface area contributed by atoms with Crippen LogP contribution in [0, 0.1) is 6.92 Å². The molecule has 0 bridgehead atoms. The van der Waals surface area contributed by atoms with Crippen molar-refractivity contribution >= 4 is 22.5 Å². The first-order chi connectivity index (χ1) is 9.22. The number of anilines is 1. The molecule has 2 aromatic carbocycles. The normalized spacial score (nSPS) is 10.6. The number of hydrogen-bond donors (Lipinski definition) is 2. The standard InChI is InChI=1S/C16H14N2O/c1-11-2-5-14(6-3-11)18-16(19)13-4-7-15-12(10-13)8-9-17-15/h2-10,17H,1H3,(H,18,19). The average Bonchev–Trinajstić information content (AvgIpc) is 2.88. The highest BCUT2D eigenvalue weighted by Gasteiger charge is 2.07. The van der Waals surface area contributed by atoms with Crippen molar-refractivity contribution in [1.82, 2.24) is 4.98 Å². The summed E-state index contributed by atoms with van der Waals surface area (Å²) in [7, 11) is 0. The lowest BCUT2D eigenvalue weighted by atomic mass is 10.1. The van der Waals surface area contributed by atoms with Crippen molar-refractivity contribution in [2.75, 3.05) is 5.32 Å².